The summed E-state index contributed by atoms with van der Waals surface area (Å²) in [5.74, 6) is -1.08. The second kappa shape index (κ2) is 62.8. The third-order valence-corrected chi connectivity index (χ3v) is 11.6. The van der Waals surface area contributed by atoms with Crippen molar-refractivity contribution in [3.05, 3.63) is 194 Å². The molecular weight excluding hydrogens is 949 g/mol. The number of hydrogen-bond donors (Lipinski definition) is 0. The minimum Gasteiger partial charge on any atom is -0.462 e. The molecule has 426 valence electrons. The number of allylic oxidation sites excluding steroid dienone is 32. The van der Waals surface area contributed by atoms with Crippen molar-refractivity contribution in [2.45, 2.75) is 219 Å². The van der Waals surface area contributed by atoms with Gasteiger partial charge in [0.05, 0.1) is 0 Å². The Kier molecular flexibility index (Phi) is 58.1. The standard InChI is InChI=1S/C71H106O6/c1-4-7-10-13-16-19-22-25-27-29-30-31-32-33-34-35-36-37-38-39-40-42-43-46-49-52-55-58-61-64-70(73)76-67-68(66-75-69(72)63-60-57-54-51-48-45-24-21-18-15-12-9-6-3)77-71(74)65-62-59-56-53-50-47-44-41-28-26-23-20-17-14-11-8-5-2/h7-12,16-21,25-28,30-31,33-34,36-37,39-40,43-48,54,57,68H,4-6,13-15,22-24,29,32,35,38,41-42,49-53,55-56,58-67H2,1-3H3/b10-7-,11-8-,12-9-,19-16-,20-17-,21-18-,27-25-,28-26-,31-30-,34-33-,37-36-,40-39-,46-43-,47-44-,48-45-,57-54-. The first-order chi connectivity index (χ1) is 38.0. The third kappa shape index (κ3) is 61.0. The van der Waals surface area contributed by atoms with Gasteiger partial charge in [-0.2, -0.15) is 0 Å². The molecule has 0 aliphatic rings. The van der Waals surface area contributed by atoms with Crippen LogP contribution in [0.3, 0.4) is 0 Å². The van der Waals surface area contributed by atoms with Gasteiger partial charge >= 0.3 is 17.9 Å². The highest BCUT2D eigenvalue weighted by Crippen LogP contribution is 2.11. The van der Waals surface area contributed by atoms with Crippen LogP contribution in [0.5, 0.6) is 0 Å². The number of carbonyl (C=O) groups excluding carboxylic acids is 3. The van der Waals surface area contributed by atoms with Crippen molar-refractivity contribution in [1.82, 2.24) is 0 Å². The first-order valence-corrected chi connectivity index (χ1v) is 29.9. The van der Waals surface area contributed by atoms with Gasteiger partial charge in [0.1, 0.15) is 13.2 Å². The number of rotatable bonds is 51. The molecule has 0 aliphatic heterocycles. The number of carbonyl (C=O) groups is 3. The zero-order valence-electron chi connectivity index (χ0n) is 48.6. The van der Waals surface area contributed by atoms with Gasteiger partial charge in [-0.3, -0.25) is 14.4 Å². The second-order valence-corrected chi connectivity index (χ2v) is 18.8. The Morgan fingerprint density at radius 3 is 0.792 bits per heavy atom. The molecule has 0 spiro atoms. The van der Waals surface area contributed by atoms with E-state index in [-0.39, 0.29) is 44.0 Å². The van der Waals surface area contributed by atoms with Crippen molar-refractivity contribution in [3.63, 3.8) is 0 Å². The molecule has 0 bridgehead atoms. The van der Waals surface area contributed by atoms with Crippen molar-refractivity contribution in [2.24, 2.45) is 0 Å². The van der Waals surface area contributed by atoms with Crippen LogP contribution in [0.15, 0.2) is 194 Å². The van der Waals surface area contributed by atoms with Crippen LogP contribution in [0.1, 0.15) is 213 Å². The zero-order valence-corrected chi connectivity index (χ0v) is 48.6. The average Bonchev–Trinajstić information content (AvgIpc) is 3.43. The molecule has 1 unspecified atom stereocenters. The van der Waals surface area contributed by atoms with Gasteiger partial charge in [-0.05, 0) is 148 Å². The van der Waals surface area contributed by atoms with Crippen LogP contribution in [0.25, 0.3) is 0 Å². The fourth-order valence-electron chi connectivity index (χ4n) is 7.23. The Balaban J connectivity index is 4.50. The maximum absolute atomic E-state index is 12.9. The van der Waals surface area contributed by atoms with Gasteiger partial charge in [0.25, 0.3) is 0 Å². The molecule has 0 amide bonds. The predicted octanol–water partition coefficient (Wildman–Crippen LogP) is 20.6. The predicted molar refractivity (Wildman–Crippen MR) is 334 cm³/mol. The molecule has 0 rings (SSSR count). The number of ether oxygens (including phenoxy) is 3. The van der Waals surface area contributed by atoms with Crippen molar-refractivity contribution < 1.29 is 28.6 Å². The molecule has 1 atom stereocenters. The highest BCUT2D eigenvalue weighted by molar-refractivity contribution is 5.71. The van der Waals surface area contributed by atoms with Gasteiger partial charge < -0.3 is 14.2 Å². The summed E-state index contributed by atoms with van der Waals surface area (Å²) in [6, 6.07) is 0. The van der Waals surface area contributed by atoms with E-state index >= 15 is 0 Å². The summed E-state index contributed by atoms with van der Waals surface area (Å²) in [6.45, 7) is 6.16. The van der Waals surface area contributed by atoms with E-state index in [4.69, 9.17) is 14.2 Å². The van der Waals surface area contributed by atoms with Crippen LogP contribution in [-0.2, 0) is 28.6 Å². The molecule has 0 saturated carbocycles. The third-order valence-electron chi connectivity index (χ3n) is 11.6. The Morgan fingerprint density at radius 2 is 0.494 bits per heavy atom. The average molecular weight is 1060 g/mol. The Morgan fingerprint density at radius 1 is 0.260 bits per heavy atom. The van der Waals surface area contributed by atoms with Crippen LogP contribution in [0, 0.1) is 0 Å². The molecule has 0 heterocycles. The normalized spacial score (nSPS) is 13.5. The first kappa shape index (κ1) is 71.2. The maximum atomic E-state index is 12.9. The topological polar surface area (TPSA) is 78.9 Å². The van der Waals surface area contributed by atoms with Crippen molar-refractivity contribution in [2.75, 3.05) is 13.2 Å². The van der Waals surface area contributed by atoms with Gasteiger partial charge in [-0.25, -0.2) is 0 Å². The summed E-state index contributed by atoms with van der Waals surface area (Å²) in [5.41, 5.74) is 0. The van der Waals surface area contributed by atoms with Crippen LogP contribution in [0.4, 0.5) is 0 Å². The Bertz CT molecular complexity index is 1880. The highest BCUT2D eigenvalue weighted by Gasteiger charge is 2.19. The molecular formula is C71H106O6. The van der Waals surface area contributed by atoms with E-state index in [1.165, 1.54) is 0 Å². The summed E-state index contributed by atoms with van der Waals surface area (Å²) in [4.78, 5) is 38.2. The minimum absolute atomic E-state index is 0.135. The number of unbranched alkanes of at least 4 members (excludes halogenated alkanes) is 8. The quantitative estimate of drug-likeness (QED) is 0.0261. The van der Waals surface area contributed by atoms with Crippen LogP contribution >= 0.6 is 0 Å². The molecule has 0 fully saturated rings. The minimum atomic E-state index is -0.843. The lowest BCUT2D eigenvalue weighted by atomic mass is 10.1. The van der Waals surface area contributed by atoms with Crippen molar-refractivity contribution in [1.29, 1.82) is 0 Å². The smallest absolute Gasteiger partial charge is 0.306 e. The van der Waals surface area contributed by atoms with E-state index < -0.39 is 6.10 Å². The monoisotopic (exact) mass is 1050 g/mol. The van der Waals surface area contributed by atoms with E-state index in [9.17, 15) is 14.4 Å². The molecule has 0 aromatic heterocycles. The Hall–Kier alpha value is -5.75. The van der Waals surface area contributed by atoms with Gasteiger partial charge in [0, 0.05) is 19.3 Å². The lowest BCUT2D eigenvalue weighted by Gasteiger charge is -2.18. The molecule has 0 aliphatic carbocycles. The van der Waals surface area contributed by atoms with Gasteiger partial charge in [-0.15, -0.1) is 0 Å². The van der Waals surface area contributed by atoms with Crippen LogP contribution < -0.4 is 0 Å². The largest absolute Gasteiger partial charge is 0.462 e. The SMILES string of the molecule is CC/C=C\C/C=C\C/C=C\C/C=C\C/C=C\C/C=C\C/C=C\C/C=C\CCCCCCC(=O)OCC(COC(=O)CC/C=C\C/C=C\C/C=C\C/C=C\CC)OC(=O)CCCCCC/C=C\C/C=C\C/C=C\C/C=C\CC. The maximum Gasteiger partial charge on any atom is 0.306 e. The first-order valence-electron chi connectivity index (χ1n) is 29.9. The van der Waals surface area contributed by atoms with Crippen LogP contribution in [0.2, 0.25) is 0 Å². The molecule has 77 heavy (non-hydrogen) atoms. The summed E-state index contributed by atoms with van der Waals surface area (Å²) in [5, 5.41) is 0. The lowest BCUT2D eigenvalue weighted by molar-refractivity contribution is -0.166. The van der Waals surface area contributed by atoms with Crippen molar-refractivity contribution in [3.8, 4) is 0 Å². The second-order valence-electron chi connectivity index (χ2n) is 18.8. The molecule has 0 N–H and O–H groups in total. The number of hydrogen-bond acceptors (Lipinski definition) is 6. The fourth-order valence-corrected chi connectivity index (χ4v) is 7.23. The summed E-state index contributed by atoms with van der Waals surface area (Å²) in [6.07, 6.45) is 95.9. The lowest BCUT2D eigenvalue weighted by Crippen LogP contribution is -2.30. The zero-order chi connectivity index (χ0) is 55.7. The van der Waals surface area contributed by atoms with E-state index in [1.54, 1.807) is 0 Å². The van der Waals surface area contributed by atoms with E-state index in [1.807, 2.05) is 12.2 Å². The molecule has 6 heteroatoms. The highest BCUT2D eigenvalue weighted by atomic mass is 16.6. The molecule has 0 aromatic carbocycles. The number of esters is 3. The fraction of sp³-hybridized carbons (Fsp3) is 0.507. The van der Waals surface area contributed by atoms with E-state index in [2.05, 4.69) is 203 Å². The van der Waals surface area contributed by atoms with Gasteiger partial charge in [0.15, 0.2) is 6.10 Å². The molecule has 0 radical (unpaired) electrons. The molecule has 0 saturated heterocycles. The van der Waals surface area contributed by atoms with E-state index in [0.29, 0.717) is 19.3 Å². The molecule has 0 aromatic rings. The van der Waals surface area contributed by atoms with Crippen LogP contribution in [-0.4, -0.2) is 37.2 Å². The summed E-state index contributed by atoms with van der Waals surface area (Å²) < 4.78 is 16.7. The molecule has 6 nitrogen and oxygen atoms in total. The van der Waals surface area contributed by atoms with E-state index in [0.717, 1.165) is 161 Å². The Labute approximate surface area is 471 Å². The van der Waals surface area contributed by atoms with Crippen molar-refractivity contribution >= 4 is 17.9 Å². The van der Waals surface area contributed by atoms with Gasteiger partial charge in [0.2, 0.25) is 0 Å². The van der Waals surface area contributed by atoms with Gasteiger partial charge in [-0.1, -0.05) is 241 Å². The summed E-state index contributed by atoms with van der Waals surface area (Å²) in [7, 11) is 0. The summed E-state index contributed by atoms with van der Waals surface area (Å²) >= 11 is 0.